The minimum absolute atomic E-state index is 0.0992. The van der Waals surface area contributed by atoms with Crippen molar-refractivity contribution in [1.29, 1.82) is 0 Å². The Bertz CT molecular complexity index is 1020. The molecule has 0 radical (unpaired) electrons. The van der Waals surface area contributed by atoms with E-state index in [9.17, 15) is 25.0 Å². The second-order valence-corrected chi connectivity index (χ2v) is 7.03. The van der Waals surface area contributed by atoms with Crippen molar-refractivity contribution in [2.75, 3.05) is 58.5 Å². The minimum Gasteiger partial charge on any atom is -0.493 e. The van der Waals surface area contributed by atoms with E-state index in [4.69, 9.17) is 14.2 Å². The molecule has 1 aliphatic rings. The van der Waals surface area contributed by atoms with Crippen LogP contribution in [0.25, 0.3) is 0 Å². The van der Waals surface area contributed by atoms with Gasteiger partial charge in [0.2, 0.25) is 0 Å². The number of anilines is 1. The smallest absolute Gasteiger partial charge is 0.287 e. The maximum atomic E-state index is 13.1. The van der Waals surface area contributed by atoms with Crippen LogP contribution in [0.5, 0.6) is 11.5 Å². The third kappa shape index (κ3) is 5.44. The zero-order valence-corrected chi connectivity index (χ0v) is 18.1. The third-order valence-electron chi connectivity index (χ3n) is 5.09. The van der Waals surface area contributed by atoms with Crippen molar-refractivity contribution in [1.82, 2.24) is 9.88 Å². The number of nitro groups is 2. The average Bonchev–Trinajstić information content (AvgIpc) is 2.83. The van der Waals surface area contributed by atoms with Gasteiger partial charge >= 0.3 is 0 Å². The Morgan fingerprint density at radius 1 is 1.03 bits per heavy atom. The lowest BCUT2D eigenvalue weighted by Crippen LogP contribution is -2.49. The van der Waals surface area contributed by atoms with Gasteiger partial charge in [-0.25, -0.2) is 4.98 Å². The van der Waals surface area contributed by atoms with E-state index in [1.165, 1.54) is 43.5 Å². The lowest BCUT2D eigenvalue weighted by Gasteiger charge is -2.35. The number of nitro benzene ring substituents is 1. The normalized spacial score (nSPS) is 13.5. The summed E-state index contributed by atoms with van der Waals surface area (Å²) in [6.07, 6.45) is 1.18. The Labute approximate surface area is 188 Å². The molecule has 1 saturated heterocycles. The molecule has 1 aromatic heterocycles. The van der Waals surface area contributed by atoms with Crippen LogP contribution in [0.2, 0.25) is 0 Å². The van der Waals surface area contributed by atoms with Gasteiger partial charge in [-0.3, -0.25) is 25.0 Å². The van der Waals surface area contributed by atoms with E-state index < -0.39 is 15.8 Å². The fourth-order valence-electron chi connectivity index (χ4n) is 3.36. The molecule has 2 aromatic rings. The van der Waals surface area contributed by atoms with E-state index in [-0.39, 0.29) is 41.7 Å². The quantitative estimate of drug-likeness (QED) is 0.308. The van der Waals surface area contributed by atoms with Gasteiger partial charge in [-0.15, -0.1) is 0 Å². The molecule has 1 aliphatic heterocycles. The van der Waals surface area contributed by atoms with Crippen molar-refractivity contribution in [3.63, 3.8) is 0 Å². The summed E-state index contributed by atoms with van der Waals surface area (Å²) in [5.41, 5.74) is -0.589. The number of piperazine rings is 1. The van der Waals surface area contributed by atoms with Crippen LogP contribution in [0.15, 0.2) is 30.5 Å². The zero-order chi connectivity index (χ0) is 24.0. The molecule has 0 N–H and O–H groups in total. The third-order valence-corrected chi connectivity index (χ3v) is 5.09. The number of nitrogens with zero attached hydrogens (tertiary/aromatic N) is 5. The molecule has 0 unspecified atom stereocenters. The topological polar surface area (TPSA) is 150 Å². The molecule has 0 aliphatic carbocycles. The van der Waals surface area contributed by atoms with Gasteiger partial charge in [-0.05, 0) is 6.07 Å². The molecule has 0 atom stereocenters. The molecule has 176 valence electrons. The maximum Gasteiger partial charge on any atom is 0.287 e. The largest absolute Gasteiger partial charge is 0.493 e. The van der Waals surface area contributed by atoms with Crippen molar-refractivity contribution in [3.8, 4) is 11.5 Å². The summed E-state index contributed by atoms with van der Waals surface area (Å²) in [6.45, 7) is 1.87. The molecule has 1 fully saturated rings. The molecule has 3 rings (SSSR count). The van der Waals surface area contributed by atoms with Gasteiger partial charge in [0.25, 0.3) is 17.3 Å². The molecule has 1 amide bonds. The number of benzene rings is 1. The Hall–Kier alpha value is -4.00. The Morgan fingerprint density at radius 2 is 1.76 bits per heavy atom. The number of carbonyl (C=O) groups excluding carboxylic acids is 1. The van der Waals surface area contributed by atoms with Crippen LogP contribution in [-0.2, 0) is 4.74 Å². The summed E-state index contributed by atoms with van der Waals surface area (Å²) < 4.78 is 15.7. The predicted molar refractivity (Wildman–Crippen MR) is 116 cm³/mol. The number of ether oxygens (including phenoxy) is 3. The van der Waals surface area contributed by atoms with Crippen LogP contribution in [0.3, 0.4) is 0 Å². The molecule has 0 saturated carbocycles. The van der Waals surface area contributed by atoms with Crippen molar-refractivity contribution >= 4 is 23.1 Å². The second kappa shape index (κ2) is 10.5. The summed E-state index contributed by atoms with van der Waals surface area (Å²) >= 11 is 0. The van der Waals surface area contributed by atoms with Crippen molar-refractivity contribution in [2.45, 2.75) is 0 Å². The van der Waals surface area contributed by atoms with Gasteiger partial charge in [0, 0.05) is 45.4 Å². The maximum absolute atomic E-state index is 13.1. The van der Waals surface area contributed by atoms with Crippen LogP contribution >= 0.6 is 0 Å². The summed E-state index contributed by atoms with van der Waals surface area (Å²) in [5, 5.41) is 22.4. The van der Waals surface area contributed by atoms with Crippen LogP contribution in [0.1, 0.15) is 10.4 Å². The van der Waals surface area contributed by atoms with Crippen LogP contribution < -0.4 is 14.4 Å². The molecule has 13 nitrogen and oxygen atoms in total. The van der Waals surface area contributed by atoms with E-state index in [2.05, 4.69) is 4.98 Å². The predicted octanol–water partition coefficient (Wildman–Crippen LogP) is 1.89. The molecule has 33 heavy (non-hydrogen) atoms. The van der Waals surface area contributed by atoms with Crippen LogP contribution in [0.4, 0.5) is 17.2 Å². The van der Waals surface area contributed by atoms with Crippen LogP contribution in [-0.4, -0.2) is 79.3 Å². The molecule has 1 aromatic carbocycles. The van der Waals surface area contributed by atoms with E-state index >= 15 is 0 Å². The van der Waals surface area contributed by atoms with E-state index in [1.54, 1.807) is 6.07 Å². The number of hydrogen-bond donors (Lipinski definition) is 0. The highest BCUT2D eigenvalue weighted by Crippen LogP contribution is 2.35. The standard InChI is InChI=1S/C20H23N5O8/c1-31-9-10-33-18-12-16(25(29)30)15(11-17(18)32-2)20(26)23-7-5-22(6-8-23)19-4-3-14(13-21-19)24(27)28/h3-4,11-13H,5-10H2,1-2H3. The fourth-order valence-corrected chi connectivity index (χ4v) is 3.36. The molecule has 0 bridgehead atoms. The highest BCUT2D eigenvalue weighted by Gasteiger charge is 2.30. The zero-order valence-electron chi connectivity index (χ0n) is 18.1. The number of amides is 1. The summed E-state index contributed by atoms with van der Waals surface area (Å²) in [5.74, 6) is 0.401. The van der Waals surface area contributed by atoms with Gasteiger partial charge in [-0.1, -0.05) is 0 Å². The summed E-state index contributed by atoms with van der Waals surface area (Å²) in [6, 6.07) is 5.41. The number of methoxy groups -OCH3 is 2. The first-order valence-corrected chi connectivity index (χ1v) is 9.98. The number of aromatic nitrogens is 1. The Morgan fingerprint density at radius 3 is 2.30 bits per heavy atom. The van der Waals surface area contributed by atoms with E-state index in [0.29, 0.717) is 32.0 Å². The first-order chi connectivity index (χ1) is 15.8. The van der Waals surface area contributed by atoms with Crippen LogP contribution in [0, 0.1) is 20.2 Å². The van der Waals surface area contributed by atoms with Gasteiger partial charge in [0.05, 0.1) is 29.6 Å². The lowest BCUT2D eigenvalue weighted by atomic mass is 10.1. The first kappa shape index (κ1) is 23.7. The number of hydrogen-bond acceptors (Lipinski definition) is 10. The monoisotopic (exact) mass is 461 g/mol. The van der Waals surface area contributed by atoms with Crippen molar-refractivity contribution in [3.05, 3.63) is 56.3 Å². The number of pyridine rings is 1. The summed E-state index contributed by atoms with van der Waals surface area (Å²) in [7, 11) is 2.89. The second-order valence-electron chi connectivity index (χ2n) is 7.03. The molecule has 13 heteroatoms. The van der Waals surface area contributed by atoms with Gasteiger partial charge in [0.15, 0.2) is 11.5 Å². The Balaban J connectivity index is 1.75. The Kier molecular flexibility index (Phi) is 7.56. The first-order valence-electron chi connectivity index (χ1n) is 9.98. The molecular formula is C20H23N5O8. The molecule has 2 heterocycles. The summed E-state index contributed by atoms with van der Waals surface area (Å²) in [4.78, 5) is 41.9. The van der Waals surface area contributed by atoms with E-state index in [0.717, 1.165) is 0 Å². The lowest BCUT2D eigenvalue weighted by molar-refractivity contribution is -0.385. The van der Waals surface area contributed by atoms with E-state index in [1.807, 2.05) is 4.90 Å². The van der Waals surface area contributed by atoms with Gasteiger partial charge in [-0.2, -0.15) is 0 Å². The fraction of sp³-hybridized carbons (Fsp3) is 0.400. The highest BCUT2D eigenvalue weighted by molar-refractivity contribution is 5.99. The molecular weight excluding hydrogens is 438 g/mol. The SMILES string of the molecule is COCCOc1cc([N+](=O)[O-])c(C(=O)N2CCN(c3ccc([N+](=O)[O-])cn3)CC2)cc1OC. The van der Waals surface area contributed by atoms with Crippen molar-refractivity contribution < 1.29 is 28.9 Å². The van der Waals surface area contributed by atoms with Gasteiger partial charge < -0.3 is 24.0 Å². The average molecular weight is 461 g/mol. The number of rotatable bonds is 9. The minimum atomic E-state index is -0.632. The van der Waals surface area contributed by atoms with Gasteiger partial charge in [0.1, 0.15) is 24.2 Å². The van der Waals surface area contributed by atoms with Crippen molar-refractivity contribution in [2.24, 2.45) is 0 Å². The molecule has 0 spiro atoms. The highest BCUT2D eigenvalue weighted by atomic mass is 16.6. The number of carbonyl (C=O) groups is 1.